The lowest BCUT2D eigenvalue weighted by Gasteiger charge is -2.30. The summed E-state index contributed by atoms with van der Waals surface area (Å²) in [6, 6.07) is 8.06. The van der Waals surface area contributed by atoms with Crippen LogP contribution >= 0.6 is 0 Å². The molecule has 5 aliphatic rings. The van der Waals surface area contributed by atoms with Crippen molar-refractivity contribution < 1.29 is 24.6 Å². The molecular weight excluding hydrogens is 614 g/mol. The van der Waals surface area contributed by atoms with E-state index in [-0.39, 0.29) is 18.7 Å². The van der Waals surface area contributed by atoms with Gasteiger partial charge in [0.05, 0.1) is 5.92 Å². The van der Waals surface area contributed by atoms with Gasteiger partial charge in [0.1, 0.15) is 6.04 Å². The molecule has 4 N–H and O–H groups in total. The zero-order chi connectivity index (χ0) is 35.2. The monoisotopic (exact) mass is 682 g/mol. The second-order valence-electron chi connectivity index (χ2n) is 15.9. The van der Waals surface area contributed by atoms with E-state index in [1.807, 2.05) is 19.1 Å². The first-order chi connectivity index (χ1) is 23.6. The molecule has 0 aromatic heterocycles. The number of fused-ring (bicyclic) bond motifs is 1. The summed E-state index contributed by atoms with van der Waals surface area (Å²) in [5.41, 5.74) is 2.46. The SMILES string of the molecule is C1CCC(NC2CCCCC2)CC1.C1CCC(NC2CCCCC2)CC1.Cc1ccc2c(c1)CC(C(=O)O)N2C(=O)[C@H](C)C[C@@H](C)C(=O)O. The van der Waals surface area contributed by atoms with E-state index >= 15 is 0 Å². The molecule has 6 rings (SSSR count). The zero-order valence-corrected chi connectivity index (χ0v) is 30.9. The van der Waals surface area contributed by atoms with Crippen molar-refractivity contribution in [2.45, 2.75) is 192 Å². The predicted octanol–water partition coefficient (Wildman–Crippen LogP) is 8.57. The van der Waals surface area contributed by atoms with Crippen molar-refractivity contribution in [1.82, 2.24) is 10.6 Å². The highest BCUT2D eigenvalue weighted by molar-refractivity contribution is 6.03. The maximum atomic E-state index is 12.7. The molecule has 0 spiro atoms. The molecule has 0 radical (unpaired) electrons. The zero-order valence-electron chi connectivity index (χ0n) is 30.9. The van der Waals surface area contributed by atoms with Crippen molar-refractivity contribution in [1.29, 1.82) is 0 Å². The van der Waals surface area contributed by atoms with E-state index in [0.717, 1.165) is 35.3 Å². The third-order valence-corrected chi connectivity index (χ3v) is 11.7. The Morgan fingerprint density at radius 1 is 0.673 bits per heavy atom. The van der Waals surface area contributed by atoms with Crippen LogP contribution in [0.3, 0.4) is 0 Å². The summed E-state index contributed by atoms with van der Waals surface area (Å²) in [5, 5.41) is 26.1. The van der Waals surface area contributed by atoms with Gasteiger partial charge in [0.2, 0.25) is 5.91 Å². The Morgan fingerprint density at radius 2 is 1.08 bits per heavy atom. The van der Waals surface area contributed by atoms with Crippen molar-refractivity contribution in [3.63, 3.8) is 0 Å². The highest BCUT2D eigenvalue weighted by atomic mass is 16.4. The molecule has 4 saturated carbocycles. The van der Waals surface area contributed by atoms with E-state index < -0.39 is 29.8 Å². The van der Waals surface area contributed by atoms with Crippen LogP contribution in [0.25, 0.3) is 0 Å². The largest absolute Gasteiger partial charge is 0.481 e. The third kappa shape index (κ3) is 12.7. The number of carboxylic acids is 2. The molecule has 4 fully saturated rings. The number of benzene rings is 1. The maximum absolute atomic E-state index is 12.7. The Balaban J connectivity index is 0.000000177. The van der Waals surface area contributed by atoms with Crippen LogP contribution < -0.4 is 15.5 Å². The number of rotatable bonds is 9. The molecule has 8 nitrogen and oxygen atoms in total. The Hall–Kier alpha value is -2.45. The van der Waals surface area contributed by atoms with Gasteiger partial charge in [0, 0.05) is 42.2 Å². The van der Waals surface area contributed by atoms with Gasteiger partial charge >= 0.3 is 11.9 Å². The van der Waals surface area contributed by atoms with Gasteiger partial charge in [-0.1, -0.05) is 109 Å². The third-order valence-electron chi connectivity index (χ3n) is 11.7. The maximum Gasteiger partial charge on any atom is 0.327 e. The van der Waals surface area contributed by atoms with Gasteiger partial charge in [-0.05, 0) is 76.3 Å². The summed E-state index contributed by atoms with van der Waals surface area (Å²) < 4.78 is 0. The Labute approximate surface area is 296 Å². The number of hydrogen-bond donors (Lipinski definition) is 4. The van der Waals surface area contributed by atoms with Crippen LogP contribution in [0.15, 0.2) is 18.2 Å². The molecule has 49 heavy (non-hydrogen) atoms. The minimum absolute atomic E-state index is 0.179. The second-order valence-corrected chi connectivity index (χ2v) is 15.9. The number of hydrogen-bond acceptors (Lipinski definition) is 5. The molecule has 0 bridgehead atoms. The number of nitrogens with one attached hydrogen (secondary N) is 2. The van der Waals surface area contributed by atoms with E-state index in [9.17, 15) is 19.5 Å². The molecule has 4 aliphatic carbocycles. The Morgan fingerprint density at radius 3 is 1.45 bits per heavy atom. The van der Waals surface area contributed by atoms with Gasteiger partial charge in [0.25, 0.3) is 0 Å². The van der Waals surface area contributed by atoms with Crippen LogP contribution in [0.5, 0.6) is 0 Å². The van der Waals surface area contributed by atoms with Gasteiger partial charge in [0.15, 0.2) is 0 Å². The van der Waals surface area contributed by atoms with Crippen LogP contribution in [-0.2, 0) is 20.8 Å². The molecule has 8 heteroatoms. The fourth-order valence-electron chi connectivity index (χ4n) is 8.76. The average Bonchev–Trinajstić information content (AvgIpc) is 3.49. The van der Waals surface area contributed by atoms with E-state index in [2.05, 4.69) is 10.6 Å². The minimum Gasteiger partial charge on any atom is -0.481 e. The molecular formula is C41H67N3O5. The summed E-state index contributed by atoms with van der Waals surface area (Å²) in [6.07, 6.45) is 29.6. The minimum atomic E-state index is -1.05. The van der Waals surface area contributed by atoms with Gasteiger partial charge in [-0.3, -0.25) is 14.5 Å². The van der Waals surface area contributed by atoms with E-state index in [1.165, 1.54) is 133 Å². The highest BCUT2D eigenvalue weighted by Crippen LogP contribution is 2.35. The quantitative estimate of drug-likeness (QED) is 0.206. The van der Waals surface area contributed by atoms with E-state index in [4.69, 9.17) is 5.11 Å². The van der Waals surface area contributed by atoms with Crippen molar-refractivity contribution in [3.8, 4) is 0 Å². The summed E-state index contributed by atoms with van der Waals surface area (Å²) in [7, 11) is 0. The predicted molar refractivity (Wildman–Crippen MR) is 198 cm³/mol. The highest BCUT2D eigenvalue weighted by Gasteiger charge is 2.40. The number of anilines is 1. The summed E-state index contributed by atoms with van der Waals surface area (Å²) in [6.45, 7) is 5.10. The average molecular weight is 682 g/mol. The normalized spacial score (nSPS) is 23.7. The molecule has 1 heterocycles. The van der Waals surface area contributed by atoms with Crippen molar-refractivity contribution in [3.05, 3.63) is 29.3 Å². The lowest BCUT2D eigenvalue weighted by Crippen LogP contribution is -2.45. The summed E-state index contributed by atoms with van der Waals surface area (Å²) in [5.74, 6) is -3.57. The molecule has 276 valence electrons. The first-order valence-electron chi connectivity index (χ1n) is 20.0. The first-order valence-corrected chi connectivity index (χ1v) is 20.0. The fourth-order valence-corrected chi connectivity index (χ4v) is 8.76. The van der Waals surface area contributed by atoms with Crippen molar-refractivity contribution in [2.75, 3.05) is 4.90 Å². The topological polar surface area (TPSA) is 119 Å². The molecule has 1 aliphatic heterocycles. The smallest absolute Gasteiger partial charge is 0.327 e. The van der Waals surface area contributed by atoms with Gasteiger partial charge < -0.3 is 20.8 Å². The fraction of sp³-hybridized carbons (Fsp3) is 0.780. The van der Waals surface area contributed by atoms with E-state index in [0.29, 0.717) is 5.69 Å². The van der Waals surface area contributed by atoms with Crippen molar-refractivity contribution >= 4 is 23.5 Å². The standard InChI is InChI=1S/C17H21NO5.2C12H23N/c1-9-4-5-13-12(6-9)8-14(17(22)23)18(13)15(19)10(2)7-11(3)16(20)21;2*1-3-7-11(8-4-1)13-12-9-5-2-6-10-12/h4-6,10-11,14H,7-8H2,1-3H3,(H,20,21)(H,22,23);2*11-13H,1-10H2/t10-,11-,14?;;/m1../s1. The van der Waals surface area contributed by atoms with Gasteiger partial charge in [-0.15, -0.1) is 0 Å². The molecule has 1 unspecified atom stereocenters. The van der Waals surface area contributed by atoms with Crippen LogP contribution in [0.4, 0.5) is 5.69 Å². The van der Waals surface area contributed by atoms with Crippen molar-refractivity contribution in [2.24, 2.45) is 11.8 Å². The first kappa shape index (κ1) is 39.3. The molecule has 3 atom stereocenters. The lowest BCUT2D eigenvalue weighted by molar-refractivity contribution is -0.143. The number of nitrogens with zero attached hydrogens (tertiary/aromatic N) is 1. The number of carbonyl (C=O) groups excluding carboxylic acids is 1. The summed E-state index contributed by atoms with van der Waals surface area (Å²) >= 11 is 0. The number of carbonyl (C=O) groups is 3. The number of aliphatic carboxylic acids is 2. The van der Waals surface area contributed by atoms with Gasteiger partial charge in [-0.2, -0.15) is 0 Å². The molecule has 0 saturated heterocycles. The number of amides is 1. The van der Waals surface area contributed by atoms with Gasteiger partial charge in [-0.25, -0.2) is 4.79 Å². The summed E-state index contributed by atoms with van der Waals surface area (Å²) in [4.78, 5) is 36.6. The van der Waals surface area contributed by atoms with E-state index in [1.54, 1.807) is 19.9 Å². The lowest BCUT2D eigenvalue weighted by atomic mass is 9.91. The number of carboxylic acid groups (broad SMARTS) is 2. The molecule has 1 aromatic carbocycles. The van der Waals surface area contributed by atoms with Crippen LogP contribution in [0.1, 0.15) is 160 Å². The number of aryl methyl sites for hydroxylation is 1. The van der Waals surface area contributed by atoms with Crippen LogP contribution in [0, 0.1) is 18.8 Å². The molecule has 1 amide bonds. The van der Waals surface area contributed by atoms with Crippen LogP contribution in [-0.4, -0.2) is 58.3 Å². The Bertz CT molecular complexity index is 1100. The molecule has 1 aromatic rings. The second kappa shape index (κ2) is 20.4. The van der Waals surface area contributed by atoms with Crippen LogP contribution in [0.2, 0.25) is 0 Å². The Kier molecular flexibility index (Phi) is 16.4.